The summed E-state index contributed by atoms with van der Waals surface area (Å²) in [4.78, 5) is 11.6. The summed E-state index contributed by atoms with van der Waals surface area (Å²) in [6.45, 7) is 7.59. The predicted molar refractivity (Wildman–Crippen MR) is 62.1 cm³/mol. The number of nitrogens with zero attached hydrogens (tertiary/aromatic N) is 3. The van der Waals surface area contributed by atoms with Gasteiger partial charge in [-0.25, -0.2) is 9.80 Å². The number of hydrogen-bond acceptors (Lipinski definition) is 5. The normalized spacial score (nSPS) is 12.1. The molecular formula is C10H18N4O2. The van der Waals surface area contributed by atoms with Gasteiger partial charge in [0.25, 0.3) is 0 Å². The average Bonchev–Trinajstić information content (AvgIpc) is 2.21. The first-order valence-electron chi connectivity index (χ1n) is 4.80. The molecule has 0 saturated heterocycles. The van der Waals surface area contributed by atoms with Gasteiger partial charge >= 0.3 is 6.09 Å². The van der Waals surface area contributed by atoms with E-state index in [9.17, 15) is 4.79 Å². The minimum Gasteiger partial charge on any atom is -0.416 e. The Morgan fingerprint density at radius 2 is 2.25 bits per heavy atom. The third-order valence-corrected chi connectivity index (χ3v) is 1.64. The fraction of sp³-hybridized carbons (Fsp3) is 0.600. The molecule has 0 radical (unpaired) electrons. The summed E-state index contributed by atoms with van der Waals surface area (Å²) in [6.07, 6.45) is 3.58. The smallest absolute Gasteiger partial charge is 0.416 e. The second kappa shape index (κ2) is 6.82. The van der Waals surface area contributed by atoms with Gasteiger partial charge in [-0.2, -0.15) is 10.1 Å². The summed E-state index contributed by atoms with van der Waals surface area (Å²) < 4.78 is 4.93. The molecule has 1 amide bonds. The van der Waals surface area contributed by atoms with Crippen molar-refractivity contribution < 1.29 is 9.53 Å². The Hall–Kier alpha value is -1.58. The van der Waals surface area contributed by atoms with Gasteiger partial charge in [-0.1, -0.05) is 13.8 Å². The number of hydrogen-bond donors (Lipinski definition) is 1. The molecule has 0 heterocycles. The van der Waals surface area contributed by atoms with Gasteiger partial charge in [0.15, 0.2) is 0 Å². The standard InChI is InChI=1S/C10H18N4O2/c1-6-9(13(5)11)16-10(15)14(12-4)7-8(2)3/h1,8-9H,4,7,11H2,2-3,5H3/t9-/m0/s1. The highest BCUT2D eigenvalue weighted by Crippen LogP contribution is 2.04. The molecule has 0 spiro atoms. The third kappa shape index (κ3) is 4.77. The van der Waals surface area contributed by atoms with Crippen molar-refractivity contribution in [2.24, 2.45) is 16.9 Å². The second-order valence-corrected chi connectivity index (χ2v) is 3.69. The number of rotatable bonds is 5. The first-order chi connectivity index (χ1) is 7.42. The molecule has 0 aliphatic heterocycles. The highest BCUT2D eigenvalue weighted by molar-refractivity contribution is 5.68. The summed E-state index contributed by atoms with van der Waals surface area (Å²) in [5, 5.41) is 5.78. The van der Waals surface area contributed by atoms with Gasteiger partial charge in [0.05, 0.1) is 6.54 Å². The quantitative estimate of drug-likeness (QED) is 0.243. The van der Waals surface area contributed by atoms with Crippen LogP contribution in [0.25, 0.3) is 0 Å². The maximum atomic E-state index is 11.6. The number of hydrazone groups is 1. The van der Waals surface area contributed by atoms with E-state index in [2.05, 4.69) is 17.7 Å². The number of nitrogens with two attached hydrogens (primary N) is 1. The Morgan fingerprint density at radius 1 is 1.69 bits per heavy atom. The van der Waals surface area contributed by atoms with Gasteiger partial charge in [-0.15, -0.1) is 6.42 Å². The Morgan fingerprint density at radius 3 is 2.56 bits per heavy atom. The number of terminal acetylenes is 1. The molecule has 0 unspecified atom stereocenters. The van der Waals surface area contributed by atoms with Crippen LogP contribution in [-0.2, 0) is 4.74 Å². The van der Waals surface area contributed by atoms with E-state index in [1.54, 1.807) is 0 Å². The Kier molecular flexibility index (Phi) is 6.15. The topological polar surface area (TPSA) is 71.2 Å². The van der Waals surface area contributed by atoms with Gasteiger partial charge in [0.2, 0.25) is 6.23 Å². The lowest BCUT2D eigenvalue weighted by atomic mass is 10.2. The summed E-state index contributed by atoms with van der Waals surface area (Å²) >= 11 is 0. The van der Waals surface area contributed by atoms with Crippen molar-refractivity contribution in [1.82, 2.24) is 10.0 Å². The summed E-state index contributed by atoms with van der Waals surface area (Å²) in [6, 6.07) is 0. The molecule has 2 N–H and O–H groups in total. The zero-order valence-electron chi connectivity index (χ0n) is 9.88. The number of carbonyl (C=O) groups is 1. The average molecular weight is 226 g/mol. The maximum absolute atomic E-state index is 11.6. The van der Waals surface area contributed by atoms with Crippen LogP contribution in [0.3, 0.4) is 0 Å². The molecule has 0 fully saturated rings. The molecule has 16 heavy (non-hydrogen) atoms. The van der Waals surface area contributed by atoms with Crippen LogP contribution in [0.5, 0.6) is 0 Å². The first kappa shape index (κ1) is 14.4. The van der Waals surface area contributed by atoms with Crippen molar-refractivity contribution in [3.05, 3.63) is 0 Å². The van der Waals surface area contributed by atoms with Crippen LogP contribution in [0.15, 0.2) is 5.10 Å². The van der Waals surface area contributed by atoms with Gasteiger partial charge in [0, 0.05) is 13.8 Å². The number of amides is 1. The van der Waals surface area contributed by atoms with Crippen molar-refractivity contribution in [3.63, 3.8) is 0 Å². The third-order valence-electron chi connectivity index (χ3n) is 1.64. The largest absolute Gasteiger partial charge is 0.432 e. The van der Waals surface area contributed by atoms with Crippen molar-refractivity contribution in [1.29, 1.82) is 0 Å². The number of carbonyl (C=O) groups excluding carboxylic acids is 1. The van der Waals surface area contributed by atoms with Crippen molar-refractivity contribution in [2.45, 2.75) is 20.1 Å². The van der Waals surface area contributed by atoms with E-state index in [1.807, 2.05) is 13.8 Å². The Labute approximate surface area is 96.0 Å². The van der Waals surface area contributed by atoms with Crippen LogP contribution in [0.2, 0.25) is 0 Å². The van der Waals surface area contributed by atoms with Gasteiger partial charge < -0.3 is 4.74 Å². The van der Waals surface area contributed by atoms with E-state index >= 15 is 0 Å². The van der Waals surface area contributed by atoms with Gasteiger partial charge in [-0.3, -0.25) is 5.84 Å². The van der Waals surface area contributed by atoms with Crippen LogP contribution in [0.1, 0.15) is 13.8 Å². The minimum absolute atomic E-state index is 0.248. The van der Waals surface area contributed by atoms with E-state index in [-0.39, 0.29) is 5.92 Å². The van der Waals surface area contributed by atoms with E-state index in [4.69, 9.17) is 17.0 Å². The summed E-state index contributed by atoms with van der Waals surface area (Å²) in [5.74, 6) is 7.87. The van der Waals surface area contributed by atoms with Gasteiger partial charge in [-0.05, 0) is 11.8 Å². The molecule has 1 atom stereocenters. The lowest BCUT2D eigenvalue weighted by Gasteiger charge is -2.23. The lowest BCUT2D eigenvalue weighted by molar-refractivity contribution is 0.0155. The molecule has 0 bridgehead atoms. The van der Waals surface area contributed by atoms with E-state index < -0.39 is 12.3 Å². The molecule has 0 aliphatic carbocycles. The second-order valence-electron chi connectivity index (χ2n) is 3.69. The van der Waals surface area contributed by atoms with E-state index in [0.717, 1.165) is 10.0 Å². The summed E-state index contributed by atoms with van der Waals surface area (Å²) in [7, 11) is 1.51. The van der Waals surface area contributed by atoms with Crippen LogP contribution in [0, 0.1) is 18.3 Å². The molecule has 6 heteroatoms. The number of hydrazine groups is 1. The minimum atomic E-state index is -0.913. The fourth-order valence-electron chi connectivity index (χ4n) is 0.927. The highest BCUT2D eigenvalue weighted by atomic mass is 16.6. The SMILES string of the molecule is C#C[C@H](OC(=O)N(CC(C)C)N=C)N(C)N. The van der Waals surface area contributed by atoms with Crippen molar-refractivity contribution in [2.75, 3.05) is 13.6 Å². The molecule has 0 aromatic heterocycles. The number of ether oxygens (including phenoxy) is 1. The van der Waals surface area contributed by atoms with E-state index in [1.165, 1.54) is 7.05 Å². The van der Waals surface area contributed by atoms with E-state index in [0.29, 0.717) is 6.54 Å². The first-order valence-corrected chi connectivity index (χ1v) is 4.80. The van der Waals surface area contributed by atoms with Crippen LogP contribution >= 0.6 is 0 Å². The zero-order valence-corrected chi connectivity index (χ0v) is 9.88. The molecule has 0 rings (SSSR count). The van der Waals surface area contributed by atoms with Crippen molar-refractivity contribution >= 4 is 12.8 Å². The monoisotopic (exact) mass is 226 g/mol. The molecule has 0 aromatic carbocycles. The lowest BCUT2D eigenvalue weighted by Crippen LogP contribution is -2.42. The summed E-state index contributed by atoms with van der Waals surface area (Å²) in [5.41, 5.74) is 0. The predicted octanol–water partition coefficient (Wildman–Crippen LogP) is 0.461. The molecule has 0 aromatic rings. The highest BCUT2D eigenvalue weighted by Gasteiger charge is 2.20. The van der Waals surface area contributed by atoms with Gasteiger partial charge in [0.1, 0.15) is 0 Å². The molecule has 0 aliphatic rings. The Bertz CT molecular complexity index is 283. The zero-order chi connectivity index (χ0) is 12.7. The molecule has 6 nitrogen and oxygen atoms in total. The Balaban J connectivity index is 4.42. The van der Waals surface area contributed by atoms with Crippen molar-refractivity contribution in [3.8, 4) is 12.3 Å². The molecular weight excluding hydrogens is 208 g/mol. The van der Waals surface area contributed by atoms with Crippen LogP contribution in [0.4, 0.5) is 4.79 Å². The molecule has 0 saturated carbocycles. The van der Waals surface area contributed by atoms with Crippen LogP contribution < -0.4 is 5.84 Å². The fourth-order valence-corrected chi connectivity index (χ4v) is 0.927. The molecule has 90 valence electrons. The maximum Gasteiger partial charge on any atom is 0.432 e. The van der Waals surface area contributed by atoms with Crippen LogP contribution in [-0.4, -0.2) is 42.6 Å².